The minimum atomic E-state index is -3.04. The number of carbonyl (C=O) groups is 1. The number of sulfone groups is 1. The molecule has 0 bridgehead atoms. The van der Waals surface area contributed by atoms with Gasteiger partial charge in [-0.25, -0.2) is 8.42 Å². The number of amidine groups is 1. The Morgan fingerprint density at radius 3 is 2.60 bits per heavy atom. The number of carbonyl (C=O) groups excluding carboxylic acids is 1. The summed E-state index contributed by atoms with van der Waals surface area (Å²) in [6, 6.07) is 5.87. The Bertz CT molecular complexity index is 797. The highest BCUT2D eigenvalue weighted by atomic mass is 32.2. The molecular weight excluding hydrogens is 356 g/mol. The number of hydrogen-bond donors (Lipinski definition) is 0. The molecule has 3 rings (SSSR count). The number of nitrogens with zero attached hydrogens (tertiary/aromatic N) is 2. The number of aryl methyl sites for hydroxylation is 2. The third-order valence-electron chi connectivity index (χ3n) is 4.71. The number of hydrogen-bond acceptors (Lipinski definition) is 4. The number of thioether (sulfide) groups is 1. The van der Waals surface area contributed by atoms with Crippen molar-refractivity contribution < 1.29 is 13.2 Å². The molecule has 5 nitrogen and oxygen atoms in total. The predicted octanol–water partition coefficient (Wildman–Crippen LogP) is 3.10. The molecular formula is C18H24N2O3S2. The smallest absolute Gasteiger partial charge is 0.248 e. The summed E-state index contributed by atoms with van der Waals surface area (Å²) in [6.07, 6.45) is 2.22. The molecule has 1 aromatic rings. The zero-order chi connectivity index (χ0) is 18.2. The van der Waals surface area contributed by atoms with Crippen LogP contribution in [-0.2, 0) is 14.6 Å². The number of aliphatic imine (C=N–C) groups is 1. The topological polar surface area (TPSA) is 66.8 Å². The summed E-state index contributed by atoms with van der Waals surface area (Å²) in [4.78, 5) is 18.6. The summed E-state index contributed by atoms with van der Waals surface area (Å²) in [5.74, 6) is 0.162. The zero-order valence-electron chi connectivity index (χ0n) is 14.9. The van der Waals surface area contributed by atoms with Crippen LogP contribution in [-0.4, -0.2) is 42.3 Å². The van der Waals surface area contributed by atoms with Gasteiger partial charge >= 0.3 is 0 Å². The number of unbranched alkanes of at least 4 members (excludes halogenated alkanes) is 1. The van der Waals surface area contributed by atoms with Crippen LogP contribution in [0.15, 0.2) is 23.2 Å². The molecule has 2 saturated heterocycles. The van der Waals surface area contributed by atoms with Crippen molar-refractivity contribution in [3.63, 3.8) is 0 Å². The largest absolute Gasteiger partial charge is 0.315 e. The van der Waals surface area contributed by atoms with Gasteiger partial charge in [0.15, 0.2) is 15.0 Å². The fraction of sp³-hybridized carbons (Fsp3) is 0.556. The van der Waals surface area contributed by atoms with E-state index in [1.807, 2.05) is 43.9 Å². The Balaban J connectivity index is 2.01. The van der Waals surface area contributed by atoms with E-state index in [0.29, 0.717) is 11.6 Å². The standard InChI is InChI=1S/C18H24N2O3S2/c1-4-5-9-16(21)19-18-20(17-12(2)7-6-8-13(17)3)14-10-25(22,23)11-15(14)24-18/h6-8,14-15H,4-5,9-11H2,1-3H3/t14-,15-/m1/s1. The second kappa shape index (κ2) is 7.11. The summed E-state index contributed by atoms with van der Waals surface area (Å²) in [5.41, 5.74) is 3.13. The van der Waals surface area contributed by atoms with Crippen LogP contribution in [0.5, 0.6) is 0 Å². The van der Waals surface area contributed by atoms with E-state index in [-0.39, 0.29) is 28.7 Å². The van der Waals surface area contributed by atoms with Crippen LogP contribution in [0.25, 0.3) is 0 Å². The fourth-order valence-electron chi connectivity index (χ4n) is 3.50. The molecule has 1 amide bonds. The molecule has 0 aromatic heterocycles. The van der Waals surface area contributed by atoms with Crippen LogP contribution in [0.4, 0.5) is 5.69 Å². The molecule has 0 saturated carbocycles. The minimum Gasteiger partial charge on any atom is -0.315 e. The van der Waals surface area contributed by atoms with Gasteiger partial charge in [-0.15, -0.1) is 0 Å². The molecule has 2 aliphatic rings. The third kappa shape index (κ3) is 3.77. The average Bonchev–Trinajstić information content (AvgIpc) is 2.97. The highest BCUT2D eigenvalue weighted by Gasteiger charge is 2.49. The van der Waals surface area contributed by atoms with Crippen molar-refractivity contribution in [2.75, 3.05) is 16.4 Å². The molecule has 2 aliphatic heterocycles. The lowest BCUT2D eigenvalue weighted by molar-refractivity contribution is -0.117. The van der Waals surface area contributed by atoms with Gasteiger partial charge in [-0.2, -0.15) is 4.99 Å². The normalized spacial score (nSPS) is 26.2. The van der Waals surface area contributed by atoms with Gasteiger partial charge in [0.25, 0.3) is 0 Å². The van der Waals surface area contributed by atoms with Crippen LogP contribution >= 0.6 is 11.8 Å². The molecule has 0 spiro atoms. The predicted molar refractivity (Wildman–Crippen MR) is 104 cm³/mol. The van der Waals surface area contributed by atoms with Gasteiger partial charge in [0, 0.05) is 17.4 Å². The average molecular weight is 381 g/mol. The van der Waals surface area contributed by atoms with Crippen LogP contribution < -0.4 is 4.90 Å². The first-order valence-electron chi connectivity index (χ1n) is 8.66. The molecule has 136 valence electrons. The van der Waals surface area contributed by atoms with E-state index in [0.717, 1.165) is 29.7 Å². The van der Waals surface area contributed by atoms with Crippen molar-refractivity contribution in [1.29, 1.82) is 0 Å². The molecule has 0 unspecified atom stereocenters. The Morgan fingerprint density at radius 2 is 1.96 bits per heavy atom. The molecule has 1 aromatic carbocycles. The van der Waals surface area contributed by atoms with Gasteiger partial charge in [0.2, 0.25) is 5.91 Å². The SMILES string of the molecule is CCCCC(=O)N=C1S[C@@H]2CS(=O)(=O)C[C@H]2N1c1c(C)cccc1C. The highest BCUT2D eigenvalue weighted by Crippen LogP contribution is 2.43. The lowest BCUT2D eigenvalue weighted by atomic mass is 10.1. The second-order valence-corrected chi connectivity index (χ2v) is 10.2. The van der Waals surface area contributed by atoms with Gasteiger partial charge in [0.05, 0.1) is 17.5 Å². The van der Waals surface area contributed by atoms with Crippen molar-refractivity contribution in [1.82, 2.24) is 0 Å². The zero-order valence-corrected chi connectivity index (χ0v) is 16.5. The van der Waals surface area contributed by atoms with Gasteiger partial charge in [-0.1, -0.05) is 43.3 Å². The fourth-order valence-corrected chi connectivity index (χ4v) is 7.42. The van der Waals surface area contributed by atoms with Gasteiger partial charge in [-0.3, -0.25) is 4.79 Å². The molecule has 0 radical (unpaired) electrons. The maximum absolute atomic E-state index is 12.2. The van der Waals surface area contributed by atoms with Crippen molar-refractivity contribution in [3.05, 3.63) is 29.3 Å². The van der Waals surface area contributed by atoms with E-state index in [1.54, 1.807) is 0 Å². The quantitative estimate of drug-likeness (QED) is 0.803. The summed E-state index contributed by atoms with van der Waals surface area (Å²) in [5, 5.41) is 0.602. The molecule has 0 aliphatic carbocycles. The second-order valence-electron chi connectivity index (χ2n) is 6.80. The Labute approximate surface area is 153 Å². The van der Waals surface area contributed by atoms with Gasteiger partial charge in [0.1, 0.15) is 0 Å². The monoisotopic (exact) mass is 380 g/mol. The Hall–Kier alpha value is -1.34. The molecule has 7 heteroatoms. The lowest BCUT2D eigenvalue weighted by Crippen LogP contribution is -2.38. The molecule has 0 N–H and O–H groups in total. The minimum absolute atomic E-state index is 0.0540. The van der Waals surface area contributed by atoms with Gasteiger partial charge < -0.3 is 4.90 Å². The number of anilines is 1. The first-order chi connectivity index (χ1) is 11.8. The molecule has 25 heavy (non-hydrogen) atoms. The summed E-state index contributed by atoms with van der Waals surface area (Å²) in [7, 11) is -3.04. The van der Waals surface area contributed by atoms with E-state index in [4.69, 9.17) is 0 Å². The van der Waals surface area contributed by atoms with E-state index in [1.165, 1.54) is 11.8 Å². The molecule has 2 atom stereocenters. The van der Waals surface area contributed by atoms with E-state index in [9.17, 15) is 13.2 Å². The highest BCUT2D eigenvalue weighted by molar-refractivity contribution is 8.16. The number of rotatable bonds is 4. The van der Waals surface area contributed by atoms with Crippen molar-refractivity contribution in [3.8, 4) is 0 Å². The maximum Gasteiger partial charge on any atom is 0.248 e. The first kappa shape index (κ1) is 18.5. The van der Waals surface area contributed by atoms with Crippen LogP contribution in [0, 0.1) is 13.8 Å². The Morgan fingerprint density at radius 1 is 1.28 bits per heavy atom. The summed E-state index contributed by atoms with van der Waals surface area (Å²) >= 11 is 1.44. The van der Waals surface area contributed by atoms with E-state index in [2.05, 4.69) is 4.99 Å². The van der Waals surface area contributed by atoms with E-state index < -0.39 is 9.84 Å². The molecule has 2 heterocycles. The number of benzene rings is 1. The van der Waals surface area contributed by atoms with Crippen LogP contribution in [0.2, 0.25) is 0 Å². The summed E-state index contributed by atoms with van der Waals surface area (Å²) < 4.78 is 24.2. The van der Waals surface area contributed by atoms with Crippen molar-refractivity contribution in [2.45, 2.75) is 51.3 Å². The van der Waals surface area contributed by atoms with Crippen molar-refractivity contribution in [2.24, 2.45) is 4.99 Å². The first-order valence-corrected chi connectivity index (χ1v) is 11.4. The van der Waals surface area contributed by atoms with Crippen LogP contribution in [0.3, 0.4) is 0 Å². The number of para-hydroxylation sites is 1. The van der Waals surface area contributed by atoms with Crippen LogP contribution in [0.1, 0.15) is 37.3 Å². The Kier molecular flexibility index (Phi) is 5.25. The maximum atomic E-state index is 12.2. The lowest BCUT2D eigenvalue weighted by Gasteiger charge is -2.28. The van der Waals surface area contributed by atoms with Gasteiger partial charge in [-0.05, 0) is 31.4 Å². The van der Waals surface area contributed by atoms with E-state index >= 15 is 0 Å². The summed E-state index contributed by atoms with van der Waals surface area (Å²) in [6.45, 7) is 6.07. The molecule has 2 fully saturated rings. The third-order valence-corrected chi connectivity index (χ3v) is 7.92. The van der Waals surface area contributed by atoms with Crippen molar-refractivity contribution >= 4 is 38.4 Å². The number of amides is 1. The number of fused-ring (bicyclic) bond motifs is 1.